The van der Waals surface area contributed by atoms with E-state index in [-0.39, 0.29) is 29.2 Å². The maximum atomic E-state index is 13.7. The van der Waals surface area contributed by atoms with Crippen LogP contribution in [0.25, 0.3) is 0 Å². The second kappa shape index (κ2) is 6.27. The Kier molecular flexibility index (Phi) is 4.31. The van der Waals surface area contributed by atoms with Gasteiger partial charge in [0, 0.05) is 19.2 Å². The Hall–Kier alpha value is -2.36. The molecular formula is C14H15F2N5O2S. The number of sulfone groups is 1. The predicted octanol–water partition coefficient (Wildman–Crippen LogP) is 1.52. The van der Waals surface area contributed by atoms with E-state index in [0.29, 0.717) is 12.2 Å². The normalized spacial score (nSPS) is 19.2. The number of nitrogens with zero attached hydrogens (tertiary/aromatic N) is 4. The lowest BCUT2D eigenvalue weighted by atomic mass is 10.2. The van der Waals surface area contributed by atoms with Crippen molar-refractivity contribution in [1.82, 2.24) is 15.2 Å². The summed E-state index contributed by atoms with van der Waals surface area (Å²) in [6.45, 7) is 0. The van der Waals surface area contributed by atoms with Crippen LogP contribution in [0.2, 0.25) is 0 Å². The zero-order valence-corrected chi connectivity index (χ0v) is 13.6. The highest BCUT2D eigenvalue weighted by Gasteiger charge is 2.31. The standard InChI is InChI=1S/C14H15F2N5O2S/c1-21(10-4-5-24(22,23)8-10)13-7-17-20-14(19-13)18-12-3-2-9(15)6-11(12)16/h2-3,6-7,10H,4-5,8H2,1H3,(H,18,19,20). The molecule has 0 amide bonds. The maximum Gasteiger partial charge on any atom is 0.249 e. The highest BCUT2D eigenvalue weighted by atomic mass is 32.2. The molecule has 0 radical (unpaired) electrons. The quantitative estimate of drug-likeness (QED) is 0.889. The molecule has 1 saturated heterocycles. The highest BCUT2D eigenvalue weighted by molar-refractivity contribution is 7.91. The van der Waals surface area contributed by atoms with Gasteiger partial charge in [0.1, 0.15) is 11.6 Å². The third-order valence-electron chi connectivity index (χ3n) is 3.84. The van der Waals surface area contributed by atoms with Gasteiger partial charge < -0.3 is 10.2 Å². The summed E-state index contributed by atoms with van der Waals surface area (Å²) in [6, 6.07) is 2.89. The van der Waals surface area contributed by atoms with Crippen molar-refractivity contribution in [1.29, 1.82) is 0 Å². The fourth-order valence-corrected chi connectivity index (χ4v) is 4.27. The fraction of sp³-hybridized carbons (Fsp3) is 0.357. The van der Waals surface area contributed by atoms with Crippen LogP contribution in [0.1, 0.15) is 6.42 Å². The molecule has 128 valence electrons. The van der Waals surface area contributed by atoms with E-state index >= 15 is 0 Å². The minimum atomic E-state index is -3.02. The van der Waals surface area contributed by atoms with Gasteiger partial charge in [-0.05, 0) is 18.6 Å². The smallest absolute Gasteiger partial charge is 0.249 e. The summed E-state index contributed by atoms with van der Waals surface area (Å²) in [5.74, 6) is -0.815. The van der Waals surface area contributed by atoms with Crippen LogP contribution in [0, 0.1) is 11.6 Å². The maximum absolute atomic E-state index is 13.7. The van der Waals surface area contributed by atoms with Crippen LogP contribution in [0.15, 0.2) is 24.4 Å². The average molecular weight is 355 g/mol. The SMILES string of the molecule is CN(c1cnnc(Nc2ccc(F)cc2F)n1)C1CCS(=O)(=O)C1. The summed E-state index contributed by atoms with van der Waals surface area (Å²) in [5, 5.41) is 10.2. The molecule has 3 rings (SSSR count). The molecule has 7 nitrogen and oxygen atoms in total. The summed E-state index contributed by atoms with van der Waals surface area (Å²) in [4.78, 5) is 5.92. The lowest BCUT2D eigenvalue weighted by Crippen LogP contribution is -2.33. The van der Waals surface area contributed by atoms with Gasteiger partial charge in [-0.3, -0.25) is 0 Å². The van der Waals surface area contributed by atoms with Crippen LogP contribution in [-0.2, 0) is 9.84 Å². The Morgan fingerprint density at radius 3 is 2.79 bits per heavy atom. The number of aromatic nitrogens is 3. The molecule has 1 aliphatic heterocycles. The molecular weight excluding hydrogens is 340 g/mol. The van der Waals surface area contributed by atoms with Gasteiger partial charge in [0.15, 0.2) is 15.7 Å². The summed E-state index contributed by atoms with van der Waals surface area (Å²) in [7, 11) is -1.30. The number of hydrogen-bond acceptors (Lipinski definition) is 7. The number of anilines is 3. The van der Waals surface area contributed by atoms with Crippen molar-refractivity contribution in [2.45, 2.75) is 12.5 Å². The lowest BCUT2D eigenvalue weighted by Gasteiger charge is -2.24. The molecule has 1 aromatic heterocycles. The molecule has 1 fully saturated rings. The topological polar surface area (TPSA) is 88.1 Å². The van der Waals surface area contributed by atoms with Gasteiger partial charge in [-0.1, -0.05) is 0 Å². The van der Waals surface area contributed by atoms with Crippen molar-refractivity contribution in [3.05, 3.63) is 36.0 Å². The number of rotatable bonds is 4. The highest BCUT2D eigenvalue weighted by Crippen LogP contribution is 2.23. The summed E-state index contributed by atoms with van der Waals surface area (Å²) in [5.41, 5.74) is 0.0152. The third-order valence-corrected chi connectivity index (χ3v) is 5.59. The van der Waals surface area contributed by atoms with Crippen LogP contribution in [0.3, 0.4) is 0 Å². The molecule has 1 aromatic carbocycles. The minimum absolute atomic E-state index is 0.0152. The second-order valence-corrected chi connectivity index (χ2v) is 7.78. The fourth-order valence-electron chi connectivity index (χ4n) is 2.50. The van der Waals surface area contributed by atoms with Crippen molar-refractivity contribution < 1.29 is 17.2 Å². The Morgan fingerprint density at radius 1 is 1.33 bits per heavy atom. The van der Waals surface area contributed by atoms with Crippen LogP contribution >= 0.6 is 0 Å². The molecule has 1 unspecified atom stereocenters. The molecule has 0 aliphatic carbocycles. The molecule has 0 bridgehead atoms. The number of halogens is 2. The Bertz CT molecular complexity index is 862. The van der Waals surface area contributed by atoms with Crippen molar-refractivity contribution in [2.24, 2.45) is 0 Å². The van der Waals surface area contributed by atoms with Gasteiger partial charge >= 0.3 is 0 Å². The zero-order chi connectivity index (χ0) is 17.3. The van der Waals surface area contributed by atoms with Crippen LogP contribution in [0.5, 0.6) is 0 Å². The molecule has 0 spiro atoms. The first-order chi connectivity index (χ1) is 11.3. The van der Waals surface area contributed by atoms with Gasteiger partial charge in [-0.25, -0.2) is 17.2 Å². The first-order valence-electron chi connectivity index (χ1n) is 7.19. The van der Waals surface area contributed by atoms with E-state index in [0.717, 1.165) is 12.1 Å². The Morgan fingerprint density at radius 2 is 2.12 bits per heavy atom. The van der Waals surface area contributed by atoms with E-state index in [1.807, 2.05) is 0 Å². The first kappa shape index (κ1) is 16.5. The van der Waals surface area contributed by atoms with E-state index in [1.165, 1.54) is 12.3 Å². The van der Waals surface area contributed by atoms with Gasteiger partial charge in [0.2, 0.25) is 5.95 Å². The van der Waals surface area contributed by atoms with E-state index < -0.39 is 21.5 Å². The van der Waals surface area contributed by atoms with Crippen molar-refractivity contribution in [2.75, 3.05) is 28.8 Å². The van der Waals surface area contributed by atoms with Gasteiger partial charge in [-0.15, -0.1) is 5.10 Å². The van der Waals surface area contributed by atoms with Crippen molar-refractivity contribution in [3.8, 4) is 0 Å². The molecule has 1 N–H and O–H groups in total. The van der Waals surface area contributed by atoms with Crippen molar-refractivity contribution in [3.63, 3.8) is 0 Å². The molecule has 10 heteroatoms. The Balaban J connectivity index is 1.79. The lowest BCUT2D eigenvalue weighted by molar-refractivity contribution is 0.585. The number of benzene rings is 1. The van der Waals surface area contributed by atoms with E-state index in [1.54, 1.807) is 11.9 Å². The summed E-state index contributed by atoms with van der Waals surface area (Å²) in [6.07, 6.45) is 1.91. The van der Waals surface area contributed by atoms with E-state index in [4.69, 9.17) is 0 Å². The molecule has 1 atom stereocenters. The monoisotopic (exact) mass is 355 g/mol. The zero-order valence-electron chi connectivity index (χ0n) is 12.8. The first-order valence-corrected chi connectivity index (χ1v) is 9.01. The van der Waals surface area contributed by atoms with Crippen molar-refractivity contribution >= 4 is 27.3 Å². The molecule has 2 aromatic rings. The van der Waals surface area contributed by atoms with Gasteiger partial charge in [0.05, 0.1) is 23.4 Å². The predicted molar refractivity (Wildman–Crippen MR) is 84.9 cm³/mol. The van der Waals surface area contributed by atoms with Crippen LogP contribution < -0.4 is 10.2 Å². The van der Waals surface area contributed by atoms with E-state index in [9.17, 15) is 17.2 Å². The molecule has 0 saturated carbocycles. The number of hydrogen-bond donors (Lipinski definition) is 1. The Labute approximate surface area is 137 Å². The molecule has 1 aliphatic rings. The minimum Gasteiger partial charge on any atom is -0.354 e. The van der Waals surface area contributed by atoms with Gasteiger partial charge in [-0.2, -0.15) is 10.1 Å². The summed E-state index contributed by atoms with van der Waals surface area (Å²) < 4.78 is 49.8. The average Bonchev–Trinajstić information content (AvgIpc) is 2.90. The molecule has 24 heavy (non-hydrogen) atoms. The largest absolute Gasteiger partial charge is 0.354 e. The molecule has 2 heterocycles. The number of nitrogens with one attached hydrogen (secondary N) is 1. The second-order valence-electron chi connectivity index (χ2n) is 5.56. The van der Waals surface area contributed by atoms with Gasteiger partial charge in [0.25, 0.3) is 0 Å². The summed E-state index contributed by atoms with van der Waals surface area (Å²) >= 11 is 0. The third kappa shape index (κ3) is 3.58. The van der Waals surface area contributed by atoms with E-state index in [2.05, 4.69) is 20.5 Å². The van der Waals surface area contributed by atoms with Crippen LogP contribution in [-0.4, -0.2) is 48.2 Å². The van der Waals surface area contributed by atoms with Crippen LogP contribution in [0.4, 0.5) is 26.2 Å².